The van der Waals surface area contributed by atoms with Crippen molar-refractivity contribution in [1.29, 1.82) is 5.41 Å². The van der Waals surface area contributed by atoms with Gasteiger partial charge in [-0.2, -0.15) is 0 Å². The molecule has 9 rings (SSSR count). The molecule has 0 spiro atoms. The Morgan fingerprint density at radius 3 is 1.52 bits per heavy atom. The van der Waals surface area contributed by atoms with E-state index in [2.05, 4.69) is 181 Å². The van der Waals surface area contributed by atoms with Crippen molar-refractivity contribution in [2.24, 2.45) is 10.7 Å². The van der Waals surface area contributed by atoms with Crippen LogP contribution >= 0.6 is 0 Å². The Labute approximate surface area is 314 Å². The molecule has 0 unspecified atom stereocenters. The zero-order valence-corrected chi connectivity index (χ0v) is 29.5. The van der Waals surface area contributed by atoms with Gasteiger partial charge in [0.05, 0.1) is 0 Å². The van der Waals surface area contributed by atoms with Crippen LogP contribution in [0.25, 0.3) is 76.8 Å². The molecule has 9 aromatic rings. The first-order valence-corrected chi connectivity index (χ1v) is 18.1. The number of rotatable bonds is 7. The van der Waals surface area contributed by atoms with Crippen LogP contribution in [-0.4, -0.2) is 12.3 Å². The van der Waals surface area contributed by atoms with Crippen molar-refractivity contribution in [1.82, 2.24) is 0 Å². The summed E-state index contributed by atoms with van der Waals surface area (Å²) < 4.78 is 0. The van der Waals surface area contributed by atoms with E-state index in [4.69, 9.17) is 11.1 Å². The predicted octanol–water partition coefficient (Wildman–Crippen LogP) is 12.9. The molecule has 0 heterocycles. The smallest absolute Gasteiger partial charge is 0.206 e. The fourth-order valence-corrected chi connectivity index (χ4v) is 7.85. The van der Waals surface area contributed by atoms with E-state index in [0.29, 0.717) is 0 Å². The van der Waals surface area contributed by atoms with Crippen molar-refractivity contribution >= 4 is 56.0 Å². The largest absolute Gasteiger partial charge is 0.369 e. The summed E-state index contributed by atoms with van der Waals surface area (Å²) in [4.78, 5) is 6.18. The molecule has 0 amide bonds. The number of benzene rings is 9. The van der Waals surface area contributed by atoms with Gasteiger partial charge in [0.2, 0.25) is 5.96 Å². The molecule has 0 aliphatic rings. The molecule has 0 saturated heterocycles. The molecule has 54 heavy (non-hydrogen) atoms. The lowest BCUT2D eigenvalue weighted by Crippen LogP contribution is -2.33. The van der Waals surface area contributed by atoms with Gasteiger partial charge in [0.1, 0.15) is 6.34 Å². The van der Waals surface area contributed by atoms with Crippen molar-refractivity contribution in [3.05, 3.63) is 194 Å². The van der Waals surface area contributed by atoms with Gasteiger partial charge in [-0.1, -0.05) is 164 Å². The number of anilines is 2. The molecule has 4 heteroatoms. The van der Waals surface area contributed by atoms with Crippen molar-refractivity contribution in [2.45, 2.75) is 0 Å². The lowest BCUT2D eigenvalue weighted by atomic mass is 9.81. The number of hydrogen-bond acceptors (Lipinski definition) is 1. The second-order valence-corrected chi connectivity index (χ2v) is 13.3. The highest BCUT2D eigenvalue weighted by molar-refractivity contribution is 6.33. The number of nitrogens with zero attached hydrogens (tertiary/aromatic N) is 2. The molecular weight excluding hydrogens is 657 g/mol. The number of guanidine groups is 1. The van der Waals surface area contributed by atoms with Crippen LogP contribution in [-0.2, 0) is 0 Å². The summed E-state index contributed by atoms with van der Waals surface area (Å²) in [6.45, 7) is 0. The fraction of sp³-hybridized carbons (Fsp3) is 0. The summed E-state index contributed by atoms with van der Waals surface area (Å²) in [7, 11) is 0. The van der Waals surface area contributed by atoms with Crippen LogP contribution in [0.2, 0.25) is 0 Å². The van der Waals surface area contributed by atoms with Gasteiger partial charge < -0.3 is 5.73 Å². The first-order chi connectivity index (χ1) is 26.7. The molecular formula is C50H36N4. The molecule has 3 N–H and O–H groups in total. The van der Waals surface area contributed by atoms with Crippen LogP contribution in [0, 0.1) is 5.41 Å². The van der Waals surface area contributed by atoms with Gasteiger partial charge in [-0.05, 0) is 107 Å². The molecule has 0 aliphatic heterocycles. The Kier molecular flexibility index (Phi) is 8.46. The molecule has 9 aromatic carbocycles. The standard InChI is InChI=1S/C50H36N4/c51-33-53-50(52)54(39-27-25-35(26-28-39)34-15-5-1-6-16-34)40-29-30-43-46(31-40)41-23-13-14-24-42(41)48-45(37-19-9-3-10-20-37)32-44(36-17-7-2-8-18-36)47(49(43)48)38-21-11-4-12-22-38/h1-33H,(H3,51,52,53). The SMILES string of the molecule is N=CN=C(N)N(c1ccc(-c2ccccc2)cc1)c1ccc2c(c1)c1ccccc1c1c(-c3ccccc3)cc(-c3ccccc3)c(-c3ccccc3)c21. The van der Waals surface area contributed by atoms with Crippen molar-refractivity contribution in [3.8, 4) is 44.5 Å². The van der Waals surface area contributed by atoms with E-state index in [1.165, 1.54) is 38.4 Å². The van der Waals surface area contributed by atoms with E-state index in [1.54, 1.807) is 0 Å². The average Bonchev–Trinajstić information content (AvgIpc) is 3.25. The van der Waals surface area contributed by atoms with Crippen LogP contribution in [0.4, 0.5) is 11.4 Å². The molecule has 256 valence electrons. The van der Waals surface area contributed by atoms with E-state index in [0.717, 1.165) is 56.1 Å². The first-order valence-electron chi connectivity index (χ1n) is 18.1. The third-order valence-electron chi connectivity index (χ3n) is 10.2. The summed E-state index contributed by atoms with van der Waals surface area (Å²) in [5, 5.41) is 14.8. The minimum atomic E-state index is 0.213. The van der Waals surface area contributed by atoms with Crippen LogP contribution < -0.4 is 10.6 Å². The second kappa shape index (κ2) is 14.0. The minimum absolute atomic E-state index is 0.213. The third kappa shape index (κ3) is 5.76. The van der Waals surface area contributed by atoms with Gasteiger partial charge in [-0.25, -0.2) is 4.99 Å². The van der Waals surface area contributed by atoms with Crippen LogP contribution in [0.1, 0.15) is 0 Å². The maximum atomic E-state index is 7.80. The Morgan fingerprint density at radius 1 is 0.426 bits per heavy atom. The predicted molar refractivity (Wildman–Crippen MR) is 230 cm³/mol. The van der Waals surface area contributed by atoms with Gasteiger partial charge in [-0.15, -0.1) is 0 Å². The summed E-state index contributed by atoms with van der Waals surface area (Å²) >= 11 is 0. The fourth-order valence-electron chi connectivity index (χ4n) is 7.85. The van der Waals surface area contributed by atoms with Crippen LogP contribution in [0.3, 0.4) is 0 Å². The van der Waals surface area contributed by atoms with Crippen molar-refractivity contribution in [3.63, 3.8) is 0 Å². The minimum Gasteiger partial charge on any atom is -0.369 e. The summed E-state index contributed by atoms with van der Waals surface area (Å²) in [5.74, 6) is 0.213. The third-order valence-corrected chi connectivity index (χ3v) is 10.2. The molecule has 4 nitrogen and oxygen atoms in total. The molecule has 0 radical (unpaired) electrons. The molecule has 0 aliphatic carbocycles. The maximum absolute atomic E-state index is 7.80. The van der Waals surface area contributed by atoms with Gasteiger partial charge in [-0.3, -0.25) is 10.3 Å². The highest BCUT2D eigenvalue weighted by atomic mass is 15.3. The highest BCUT2D eigenvalue weighted by Gasteiger charge is 2.23. The lowest BCUT2D eigenvalue weighted by molar-refractivity contribution is 1.30. The molecule has 0 atom stereocenters. The molecule has 0 bridgehead atoms. The van der Waals surface area contributed by atoms with Gasteiger partial charge in [0.15, 0.2) is 0 Å². The number of aliphatic imine (C=N–C) groups is 1. The normalized spacial score (nSPS) is 11.6. The van der Waals surface area contributed by atoms with Crippen molar-refractivity contribution in [2.75, 3.05) is 4.90 Å². The van der Waals surface area contributed by atoms with E-state index in [-0.39, 0.29) is 5.96 Å². The lowest BCUT2D eigenvalue weighted by Gasteiger charge is -2.26. The summed E-state index contributed by atoms with van der Waals surface area (Å²) in [6, 6.07) is 68.5. The maximum Gasteiger partial charge on any atom is 0.206 e. The van der Waals surface area contributed by atoms with E-state index < -0.39 is 0 Å². The van der Waals surface area contributed by atoms with Crippen molar-refractivity contribution < 1.29 is 0 Å². The topological polar surface area (TPSA) is 65.5 Å². The van der Waals surface area contributed by atoms with Crippen LogP contribution in [0.5, 0.6) is 0 Å². The van der Waals surface area contributed by atoms with Gasteiger partial charge in [0.25, 0.3) is 0 Å². The van der Waals surface area contributed by atoms with Gasteiger partial charge in [0, 0.05) is 11.4 Å². The molecule has 0 fully saturated rings. The Hall–Kier alpha value is -7.30. The van der Waals surface area contributed by atoms with E-state index in [9.17, 15) is 0 Å². The zero-order chi connectivity index (χ0) is 36.4. The zero-order valence-electron chi connectivity index (χ0n) is 29.5. The van der Waals surface area contributed by atoms with E-state index in [1.807, 2.05) is 23.1 Å². The summed E-state index contributed by atoms with van der Waals surface area (Å²) in [5.41, 5.74) is 17.7. The highest BCUT2D eigenvalue weighted by Crippen LogP contribution is 2.49. The first kappa shape index (κ1) is 32.6. The number of nitrogens with two attached hydrogens (primary N) is 1. The molecule has 0 saturated carbocycles. The Morgan fingerprint density at radius 2 is 0.907 bits per heavy atom. The van der Waals surface area contributed by atoms with Gasteiger partial charge >= 0.3 is 0 Å². The quantitative estimate of drug-likeness (QED) is 0.0992. The number of fused-ring (bicyclic) bond motifs is 6. The van der Waals surface area contributed by atoms with E-state index >= 15 is 0 Å². The Balaban J connectivity index is 1.38. The summed E-state index contributed by atoms with van der Waals surface area (Å²) in [6.07, 6.45) is 0.993. The number of nitrogens with one attached hydrogen (secondary N) is 1. The Bertz CT molecular complexity index is 2810. The average molecular weight is 693 g/mol. The number of hydrogen-bond donors (Lipinski definition) is 2. The second-order valence-electron chi connectivity index (χ2n) is 13.3. The van der Waals surface area contributed by atoms with Crippen LogP contribution in [0.15, 0.2) is 199 Å². The monoisotopic (exact) mass is 692 g/mol. The molecule has 0 aromatic heterocycles.